The number of hydrogen-bond acceptors (Lipinski definition) is 5. The van der Waals surface area contributed by atoms with Crippen molar-refractivity contribution in [3.05, 3.63) is 35.9 Å². The van der Waals surface area contributed by atoms with Crippen molar-refractivity contribution in [3.63, 3.8) is 0 Å². The van der Waals surface area contributed by atoms with Crippen molar-refractivity contribution in [2.24, 2.45) is 0 Å². The zero-order valence-electron chi connectivity index (χ0n) is 12.7. The van der Waals surface area contributed by atoms with E-state index in [1.165, 1.54) is 19.1 Å². The Morgan fingerprint density at radius 3 is 2.27 bits per heavy atom. The third kappa shape index (κ3) is 6.25. The van der Waals surface area contributed by atoms with Crippen molar-refractivity contribution in [2.45, 2.75) is 13.0 Å². The van der Waals surface area contributed by atoms with Gasteiger partial charge in [0.15, 0.2) is 0 Å². The van der Waals surface area contributed by atoms with Gasteiger partial charge in [-0.3, -0.25) is 9.59 Å². The molecule has 0 aliphatic rings. The van der Waals surface area contributed by atoms with Gasteiger partial charge in [-0.1, -0.05) is 30.3 Å². The standard InChI is InChI=1S/C15H20N2O5/c1-21-13(18)8-9-17(11-14(19)22-2)15(20)16-10-12-6-4-3-5-7-12/h3-7H,8-11H2,1-2H3,(H,16,20). The number of esters is 2. The number of carbonyl (C=O) groups is 3. The Morgan fingerprint density at radius 2 is 1.68 bits per heavy atom. The summed E-state index contributed by atoms with van der Waals surface area (Å²) in [6.07, 6.45) is 0.00620. The van der Waals surface area contributed by atoms with E-state index in [0.717, 1.165) is 5.56 Å². The third-order valence-electron chi connectivity index (χ3n) is 2.93. The predicted octanol–water partition coefficient (Wildman–Crippen LogP) is 0.934. The van der Waals surface area contributed by atoms with E-state index in [4.69, 9.17) is 0 Å². The second-order valence-corrected chi connectivity index (χ2v) is 4.47. The molecule has 1 rings (SSSR count). The first-order valence-corrected chi connectivity index (χ1v) is 6.77. The van der Waals surface area contributed by atoms with E-state index >= 15 is 0 Å². The van der Waals surface area contributed by atoms with Crippen LogP contribution in [0.15, 0.2) is 30.3 Å². The molecule has 0 bridgehead atoms. The van der Waals surface area contributed by atoms with Crippen LogP contribution in [-0.2, 0) is 25.6 Å². The Hall–Kier alpha value is -2.57. The van der Waals surface area contributed by atoms with E-state index in [1.54, 1.807) is 0 Å². The molecule has 0 radical (unpaired) electrons. The van der Waals surface area contributed by atoms with Crippen molar-refractivity contribution < 1.29 is 23.9 Å². The van der Waals surface area contributed by atoms with Gasteiger partial charge < -0.3 is 19.7 Å². The highest BCUT2D eigenvalue weighted by atomic mass is 16.5. The van der Waals surface area contributed by atoms with E-state index in [9.17, 15) is 14.4 Å². The number of nitrogens with one attached hydrogen (secondary N) is 1. The monoisotopic (exact) mass is 308 g/mol. The quantitative estimate of drug-likeness (QED) is 0.758. The molecule has 0 spiro atoms. The summed E-state index contributed by atoms with van der Waals surface area (Å²) in [6, 6.07) is 8.91. The molecule has 0 fully saturated rings. The van der Waals surface area contributed by atoms with E-state index in [0.29, 0.717) is 6.54 Å². The summed E-state index contributed by atoms with van der Waals surface area (Å²) in [5.74, 6) is -1.01. The summed E-state index contributed by atoms with van der Waals surface area (Å²) in [7, 11) is 2.51. The van der Waals surface area contributed by atoms with Crippen LogP contribution in [0.1, 0.15) is 12.0 Å². The Kier molecular flexibility index (Phi) is 7.45. The average Bonchev–Trinajstić information content (AvgIpc) is 2.56. The van der Waals surface area contributed by atoms with Crippen LogP contribution in [0.2, 0.25) is 0 Å². The minimum Gasteiger partial charge on any atom is -0.469 e. The number of ether oxygens (including phenoxy) is 2. The molecule has 22 heavy (non-hydrogen) atoms. The lowest BCUT2D eigenvalue weighted by Gasteiger charge is -2.21. The lowest BCUT2D eigenvalue weighted by Crippen LogP contribution is -2.43. The molecule has 0 saturated carbocycles. The Morgan fingerprint density at radius 1 is 1.05 bits per heavy atom. The molecular weight excluding hydrogens is 288 g/mol. The molecular formula is C15H20N2O5. The number of carbonyl (C=O) groups excluding carboxylic acids is 3. The molecule has 1 aromatic carbocycles. The molecule has 2 amide bonds. The van der Waals surface area contributed by atoms with Crippen LogP contribution < -0.4 is 5.32 Å². The maximum Gasteiger partial charge on any atom is 0.325 e. The predicted molar refractivity (Wildman–Crippen MR) is 78.9 cm³/mol. The summed E-state index contributed by atoms with van der Waals surface area (Å²) in [6.45, 7) is 0.173. The summed E-state index contributed by atoms with van der Waals surface area (Å²) >= 11 is 0. The topological polar surface area (TPSA) is 84.9 Å². The van der Waals surface area contributed by atoms with Gasteiger partial charge in [-0.15, -0.1) is 0 Å². The highest BCUT2D eigenvalue weighted by Crippen LogP contribution is 2.00. The maximum absolute atomic E-state index is 12.1. The smallest absolute Gasteiger partial charge is 0.325 e. The Bertz CT molecular complexity index is 504. The van der Waals surface area contributed by atoms with Crippen molar-refractivity contribution >= 4 is 18.0 Å². The minimum absolute atomic E-state index is 0.00620. The summed E-state index contributed by atoms with van der Waals surface area (Å²) in [5, 5.41) is 2.70. The summed E-state index contributed by atoms with van der Waals surface area (Å²) in [4.78, 5) is 35.9. The van der Waals surface area contributed by atoms with Gasteiger partial charge in [-0.2, -0.15) is 0 Å². The number of methoxy groups -OCH3 is 2. The van der Waals surface area contributed by atoms with Crippen molar-refractivity contribution in [3.8, 4) is 0 Å². The van der Waals surface area contributed by atoms with Gasteiger partial charge >= 0.3 is 18.0 Å². The molecule has 1 aromatic rings. The first-order chi connectivity index (χ1) is 10.6. The average molecular weight is 308 g/mol. The van der Waals surface area contributed by atoms with Gasteiger partial charge in [0, 0.05) is 13.1 Å². The molecule has 1 N–H and O–H groups in total. The van der Waals surface area contributed by atoms with Gasteiger partial charge in [0.05, 0.1) is 20.6 Å². The first-order valence-electron chi connectivity index (χ1n) is 6.77. The molecule has 0 aliphatic carbocycles. The molecule has 0 saturated heterocycles. The van der Waals surface area contributed by atoms with E-state index in [2.05, 4.69) is 14.8 Å². The number of benzene rings is 1. The number of amides is 2. The van der Waals surface area contributed by atoms with Crippen LogP contribution in [0, 0.1) is 0 Å². The number of hydrogen-bond donors (Lipinski definition) is 1. The van der Waals surface area contributed by atoms with Crippen molar-refractivity contribution in [2.75, 3.05) is 27.3 Å². The molecule has 0 heterocycles. The summed E-state index contributed by atoms with van der Waals surface area (Å²) < 4.78 is 9.08. The van der Waals surface area contributed by atoms with Crippen molar-refractivity contribution in [1.29, 1.82) is 0 Å². The first kappa shape index (κ1) is 17.5. The van der Waals surface area contributed by atoms with Crippen LogP contribution in [-0.4, -0.2) is 50.2 Å². The fraction of sp³-hybridized carbons (Fsp3) is 0.400. The fourth-order valence-corrected chi connectivity index (χ4v) is 1.69. The second kappa shape index (κ2) is 9.38. The van der Waals surface area contributed by atoms with Crippen LogP contribution >= 0.6 is 0 Å². The molecule has 120 valence electrons. The SMILES string of the molecule is COC(=O)CCN(CC(=O)OC)C(=O)NCc1ccccc1. The Labute approximate surface area is 129 Å². The molecule has 0 aliphatic heterocycles. The number of nitrogens with zero attached hydrogens (tertiary/aromatic N) is 1. The van der Waals surface area contributed by atoms with Gasteiger partial charge in [-0.05, 0) is 5.56 Å². The van der Waals surface area contributed by atoms with E-state index < -0.39 is 18.0 Å². The van der Waals surface area contributed by atoms with E-state index in [1.807, 2.05) is 30.3 Å². The minimum atomic E-state index is -0.556. The molecule has 7 heteroatoms. The largest absolute Gasteiger partial charge is 0.469 e. The van der Waals surface area contributed by atoms with Gasteiger partial charge in [0.2, 0.25) is 0 Å². The molecule has 0 unspecified atom stereocenters. The van der Waals surface area contributed by atoms with Gasteiger partial charge in [0.1, 0.15) is 6.54 Å². The lowest BCUT2D eigenvalue weighted by atomic mass is 10.2. The van der Waals surface area contributed by atoms with Crippen molar-refractivity contribution in [1.82, 2.24) is 10.2 Å². The number of rotatable bonds is 7. The van der Waals surface area contributed by atoms with Gasteiger partial charge in [-0.25, -0.2) is 4.79 Å². The van der Waals surface area contributed by atoms with Crippen LogP contribution in [0.3, 0.4) is 0 Å². The molecule has 0 aromatic heterocycles. The highest BCUT2D eigenvalue weighted by molar-refractivity contribution is 5.81. The van der Waals surface area contributed by atoms with Crippen LogP contribution in [0.5, 0.6) is 0 Å². The molecule has 7 nitrogen and oxygen atoms in total. The second-order valence-electron chi connectivity index (χ2n) is 4.47. The zero-order chi connectivity index (χ0) is 16.4. The van der Waals surface area contributed by atoms with Crippen LogP contribution in [0.4, 0.5) is 4.79 Å². The number of urea groups is 1. The molecule has 0 atom stereocenters. The summed E-state index contributed by atoms with van der Waals surface area (Å²) in [5.41, 5.74) is 0.932. The lowest BCUT2D eigenvalue weighted by molar-refractivity contribution is -0.143. The zero-order valence-corrected chi connectivity index (χ0v) is 12.7. The Balaban J connectivity index is 2.57. The third-order valence-corrected chi connectivity index (χ3v) is 2.93. The highest BCUT2D eigenvalue weighted by Gasteiger charge is 2.18. The maximum atomic E-state index is 12.1. The normalized spacial score (nSPS) is 9.73. The van der Waals surface area contributed by atoms with Gasteiger partial charge in [0.25, 0.3) is 0 Å². The van der Waals surface area contributed by atoms with Crippen LogP contribution in [0.25, 0.3) is 0 Å². The fourth-order valence-electron chi connectivity index (χ4n) is 1.69. The van der Waals surface area contributed by atoms with E-state index in [-0.39, 0.29) is 19.5 Å².